The number of nitriles is 1. The highest BCUT2D eigenvalue weighted by molar-refractivity contribution is 7.13. The van der Waals surface area contributed by atoms with E-state index in [9.17, 15) is 4.79 Å². The van der Waals surface area contributed by atoms with Gasteiger partial charge in [-0.1, -0.05) is 6.42 Å². The normalized spacial score (nSPS) is 23.1. The van der Waals surface area contributed by atoms with Crippen LogP contribution in [0.5, 0.6) is 0 Å². The molecule has 1 atom stereocenters. The molecule has 0 saturated carbocycles. The SMILES string of the molecule is N#Cc1sc(C2CCCCNC2=O)c2c1CNC2. The first-order chi connectivity index (χ1) is 8.81. The van der Waals surface area contributed by atoms with E-state index in [2.05, 4.69) is 16.7 Å². The molecule has 0 aromatic carbocycles. The summed E-state index contributed by atoms with van der Waals surface area (Å²) in [4.78, 5) is 14.0. The molecule has 1 amide bonds. The van der Waals surface area contributed by atoms with Gasteiger partial charge in [-0.05, 0) is 24.0 Å². The fourth-order valence-corrected chi connectivity index (χ4v) is 4.04. The van der Waals surface area contributed by atoms with E-state index in [0.29, 0.717) is 0 Å². The summed E-state index contributed by atoms with van der Waals surface area (Å²) in [6.07, 6.45) is 3.04. The van der Waals surface area contributed by atoms with Gasteiger partial charge in [-0.3, -0.25) is 4.79 Å². The van der Waals surface area contributed by atoms with Crippen molar-refractivity contribution in [1.29, 1.82) is 5.26 Å². The quantitative estimate of drug-likeness (QED) is 0.807. The van der Waals surface area contributed by atoms with Gasteiger partial charge in [0.15, 0.2) is 0 Å². The Morgan fingerprint density at radius 1 is 1.28 bits per heavy atom. The summed E-state index contributed by atoms with van der Waals surface area (Å²) in [6.45, 7) is 2.35. The second kappa shape index (κ2) is 4.71. The first kappa shape index (κ1) is 11.7. The zero-order valence-corrected chi connectivity index (χ0v) is 10.9. The molecule has 5 heteroatoms. The number of carbonyl (C=O) groups excluding carboxylic acids is 1. The van der Waals surface area contributed by atoms with Gasteiger partial charge in [0, 0.05) is 24.5 Å². The molecule has 0 spiro atoms. The van der Waals surface area contributed by atoms with E-state index in [-0.39, 0.29) is 11.8 Å². The van der Waals surface area contributed by atoms with E-state index in [1.807, 2.05) is 0 Å². The minimum absolute atomic E-state index is 0.0479. The average molecular weight is 261 g/mol. The molecule has 3 heterocycles. The Labute approximate surface area is 110 Å². The molecule has 1 saturated heterocycles. The highest BCUT2D eigenvalue weighted by atomic mass is 32.1. The molecule has 4 nitrogen and oxygen atoms in total. The highest BCUT2D eigenvalue weighted by Crippen LogP contribution is 2.38. The summed E-state index contributed by atoms with van der Waals surface area (Å²) in [5.41, 5.74) is 2.33. The third-order valence-electron chi connectivity index (χ3n) is 3.70. The predicted molar refractivity (Wildman–Crippen MR) is 69.2 cm³/mol. The zero-order chi connectivity index (χ0) is 12.5. The fraction of sp³-hybridized carbons (Fsp3) is 0.538. The number of amides is 1. The number of nitrogens with zero attached hydrogens (tertiary/aromatic N) is 1. The molecule has 2 N–H and O–H groups in total. The topological polar surface area (TPSA) is 64.9 Å². The Morgan fingerprint density at radius 3 is 2.94 bits per heavy atom. The van der Waals surface area contributed by atoms with Crippen LogP contribution in [-0.4, -0.2) is 12.5 Å². The van der Waals surface area contributed by atoms with Crippen LogP contribution in [0.15, 0.2) is 0 Å². The lowest BCUT2D eigenvalue weighted by atomic mass is 9.97. The largest absolute Gasteiger partial charge is 0.356 e. The molecule has 2 aliphatic heterocycles. The molecule has 18 heavy (non-hydrogen) atoms. The minimum Gasteiger partial charge on any atom is -0.356 e. The molecule has 1 fully saturated rings. The lowest BCUT2D eigenvalue weighted by Gasteiger charge is -2.12. The van der Waals surface area contributed by atoms with Gasteiger partial charge in [-0.25, -0.2) is 0 Å². The van der Waals surface area contributed by atoms with Crippen LogP contribution in [0.2, 0.25) is 0 Å². The summed E-state index contributed by atoms with van der Waals surface area (Å²) in [5.74, 6) is 0.0844. The van der Waals surface area contributed by atoms with Crippen LogP contribution in [0.4, 0.5) is 0 Å². The standard InChI is InChI=1S/C13H15N3OS/c14-5-11-9-6-15-7-10(9)12(18-11)8-3-1-2-4-16-13(8)17/h8,15H,1-4,6-7H2,(H,16,17). The van der Waals surface area contributed by atoms with Crippen molar-refractivity contribution in [2.45, 2.75) is 38.3 Å². The van der Waals surface area contributed by atoms with Crippen molar-refractivity contribution in [3.63, 3.8) is 0 Å². The Balaban J connectivity index is 2.01. The summed E-state index contributed by atoms with van der Waals surface area (Å²) in [7, 11) is 0. The second-order valence-corrected chi connectivity index (χ2v) is 5.86. The van der Waals surface area contributed by atoms with Crippen molar-refractivity contribution in [1.82, 2.24) is 10.6 Å². The van der Waals surface area contributed by atoms with Crippen molar-refractivity contribution >= 4 is 17.2 Å². The van der Waals surface area contributed by atoms with Crippen LogP contribution in [0.3, 0.4) is 0 Å². The van der Waals surface area contributed by atoms with Crippen LogP contribution in [0.1, 0.15) is 46.1 Å². The molecule has 1 aromatic rings. The Kier molecular flexibility index (Phi) is 3.06. The molecular formula is C13H15N3OS. The molecule has 0 bridgehead atoms. The molecule has 1 aromatic heterocycles. The van der Waals surface area contributed by atoms with Gasteiger partial charge in [0.25, 0.3) is 0 Å². The Morgan fingerprint density at radius 2 is 2.11 bits per heavy atom. The lowest BCUT2D eigenvalue weighted by Crippen LogP contribution is -2.27. The molecule has 3 rings (SSSR count). The molecular weight excluding hydrogens is 246 g/mol. The Hall–Kier alpha value is -1.38. The maximum Gasteiger partial charge on any atom is 0.228 e. The van der Waals surface area contributed by atoms with Crippen LogP contribution in [-0.2, 0) is 17.9 Å². The number of nitrogens with one attached hydrogen (secondary N) is 2. The maximum absolute atomic E-state index is 12.1. The highest BCUT2D eigenvalue weighted by Gasteiger charge is 2.31. The van der Waals surface area contributed by atoms with E-state index in [4.69, 9.17) is 5.26 Å². The van der Waals surface area contributed by atoms with Crippen LogP contribution in [0, 0.1) is 11.3 Å². The third kappa shape index (κ3) is 1.82. The van der Waals surface area contributed by atoms with Gasteiger partial charge >= 0.3 is 0 Å². The van der Waals surface area contributed by atoms with Crippen LogP contribution >= 0.6 is 11.3 Å². The van der Waals surface area contributed by atoms with E-state index < -0.39 is 0 Å². The van der Waals surface area contributed by atoms with Gasteiger partial charge in [0.2, 0.25) is 5.91 Å². The average Bonchev–Trinajstić information content (AvgIpc) is 2.89. The van der Waals surface area contributed by atoms with E-state index in [1.54, 1.807) is 0 Å². The molecule has 0 aliphatic carbocycles. The summed E-state index contributed by atoms with van der Waals surface area (Å²) in [5, 5.41) is 15.4. The minimum atomic E-state index is -0.0479. The molecule has 1 unspecified atom stereocenters. The van der Waals surface area contributed by atoms with Gasteiger partial charge in [-0.2, -0.15) is 5.26 Å². The first-order valence-electron chi connectivity index (χ1n) is 6.34. The zero-order valence-electron chi connectivity index (χ0n) is 10.1. The van der Waals surface area contributed by atoms with Gasteiger partial charge in [0.1, 0.15) is 10.9 Å². The third-order valence-corrected chi connectivity index (χ3v) is 5.00. The van der Waals surface area contributed by atoms with E-state index >= 15 is 0 Å². The van der Waals surface area contributed by atoms with Crippen LogP contribution < -0.4 is 10.6 Å². The van der Waals surface area contributed by atoms with Crippen molar-refractivity contribution in [2.75, 3.05) is 6.54 Å². The maximum atomic E-state index is 12.1. The molecule has 0 radical (unpaired) electrons. The summed E-state index contributed by atoms with van der Waals surface area (Å²) in [6, 6.07) is 2.26. The summed E-state index contributed by atoms with van der Waals surface area (Å²) >= 11 is 1.52. The lowest BCUT2D eigenvalue weighted by molar-refractivity contribution is -0.122. The summed E-state index contributed by atoms with van der Waals surface area (Å²) < 4.78 is 0. The number of fused-ring (bicyclic) bond motifs is 1. The van der Waals surface area contributed by atoms with Crippen molar-refractivity contribution in [3.8, 4) is 6.07 Å². The van der Waals surface area contributed by atoms with Gasteiger partial charge in [0.05, 0.1) is 5.92 Å². The predicted octanol–water partition coefficient (Wildman–Crippen LogP) is 1.61. The Bertz CT molecular complexity index is 529. The van der Waals surface area contributed by atoms with Crippen molar-refractivity contribution in [3.05, 3.63) is 20.9 Å². The van der Waals surface area contributed by atoms with Gasteiger partial charge in [-0.15, -0.1) is 11.3 Å². The number of rotatable bonds is 1. The smallest absolute Gasteiger partial charge is 0.228 e. The van der Waals surface area contributed by atoms with Crippen molar-refractivity contribution in [2.24, 2.45) is 0 Å². The van der Waals surface area contributed by atoms with E-state index in [0.717, 1.165) is 54.2 Å². The van der Waals surface area contributed by atoms with Crippen LogP contribution in [0.25, 0.3) is 0 Å². The number of hydrogen-bond acceptors (Lipinski definition) is 4. The molecule has 94 valence electrons. The van der Waals surface area contributed by atoms with Crippen molar-refractivity contribution < 1.29 is 4.79 Å². The fourth-order valence-electron chi connectivity index (χ4n) is 2.77. The van der Waals surface area contributed by atoms with Gasteiger partial charge < -0.3 is 10.6 Å². The monoisotopic (exact) mass is 261 g/mol. The first-order valence-corrected chi connectivity index (χ1v) is 7.16. The molecule has 2 aliphatic rings. The number of carbonyl (C=O) groups is 1. The second-order valence-electron chi connectivity index (χ2n) is 4.81. The number of thiophene rings is 1. The number of hydrogen-bond donors (Lipinski definition) is 2. The van der Waals surface area contributed by atoms with E-state index in [1.165, 1.54) is 16.9 Å².